The number of benzene rings is 1. The third-order valence-corrected chi connectivity index (χ3v) is 3.19. The van der Waals surface area contributed by atoms with E-state index in [4.69, 9.17) is 0 Å². The molecule has 0 N–H and O–H groups in total. The summed E-state index contributed by atoms with van der Waals surface area (Å²) in [5, 5.41) is 10.9. The lowest BCUT2D eigenvalue weighted by atomic mass is 10.00. The van der Waals surface area contributed by atoms with Gasteiger partial charge in [0.2, 0.25) is 5.78 Å². The highest BCUT2D eigenvalue weighted by Gasteiger charge is 2.27. The number of unbranched alkanes of at least 4 members (excludes halogenated alkanes) is 1. The van der Waals surface area contributed by atoms with Crippen LogP contribution in [0.3, 0.4) is 0 Å². The Morgan fingerprint density at radius 2 is 1.95 bits per heavy atom. The molecule has 1 rings (SSSR count). The number of hydrogen-bond donors (Lipinski definition) is 0. The van der Waals surface area contributed by atoms with Gasteiger partial charge < -0.3 is 0 Å². The molecule has 1 atom stereocenters. The second kappa shape index (κ2) is 8.40. The molecule has 0 aliphatic rings. The number of nitrogens with zero attached hydrogens (tertiary/aromatic N) is 1. The minimum atomic E-state index is -1.00. The molecular formula is C15H21NO3. The SMILES string of the molecule is CCCCC(C(=O)CCCc1ccccc1)[N+](=O)[O-]. The van der Waals surface area contributed by atoms with Gasteiger partial charge in [-0.1, -0.05) is 43.7 Å². The fraction of sp³-hybridized carbons (Fsp3) is 0.533. The van der Waals surface area contributed by atoms with Gasteiger partial charge in [-0.15, -0.1) is 0 Å². The van der Waals surface area contributed by atoms with Gasteiger partial charge in [-0.25, -0.2) is 0 Å². The van der Waals surface area contributed by atoms with Crippen molar-refractivity contribution in [1.82, 2.24) is 0 Å². The van der Waals surface area contributed by atoms with Crippen LogP contribution in [0.1, 0.15) is 44.6 Å². The molecule has 0 radical (unpaired) electrons. The van der Waals surface area contributed by atoms with Crippen LogP contribution in [0, 0.1) is 10.1 Å². The molecule has 1 unspecified atom stereocenters. The lowest BCUT2D eigenvalue weighted by Crippen LogP contribution is -2.29. The topological polar surface area (TPSA) is 60.2 Å². The maximum atomic E-state index is 11.8. The minimum Gasteiger partial charge on any atom is -0.292 e. The van der Waals surface area contributed by atoms with Gasteiger partial charge in [0.1, 0.15) is 0 Å². The van der Waals surface area contributed by atoms with Crippen molar-refractivity contribution in [2.24, 2.45) is 0 Å². The molecule has 19 heavy (non-hydrogen) atoms. The van der Waals surface area contributed by atoms with Gasteiger partial charge in [-0.3, -0.25) is 14.9 Å². The number of rotatable bonds is 9. The zero-order valence-corrected chi connectivity index (χ0v) is 11.4. The number of Topliss-reactive ketones (excluding diaryl/α,β-unsaturated/α-hetero) is 1. The van der Waals surface area contributed by atoms with Crippen molar-refractivity contribution in [3.05, 3.63) is 46.0 Å². The van der Waals surface area contributed by atoms with Crippen LogP contribution in [-0.4, -0.2) is 16.7 Å². The van der Waals surface area contributed by atoms with Gasteiger partial charge in [0.15, 0.2) is 0 Å². The van der Waals surface area contributed by atoms with E-state index in [1.54, 1.807) is 0 Å². The molecule has 0 aliphatic heterocycles. The number of ketones is 1. The van der Waals surface area contributed by atoms with Gasteiger partial charge >= 0.3 is 0 Å². The summed E-state index contributed by atoms with van der Waals surface area (Å²) in [6.45, 7) is 1.97. The van der Waals surface area contributed by atoms with E-state index in [-0.39, 0.29) is 5.78 Å². The first kappa shape index (κ1) is 15.3. The summed E-state index contributed by atoms with van der Waals surface area (Å²) in [6.07, 6.45) is 3.75. The first-order valence-corrected chi connectivity index (χ1v) is 6.85. The van der Waals surface area contributed by atoms with E-state index in [1.807, 2.05) is 37.3 Å². The first-order valence-electron chi connectivity index (χ1n) is 6.85. The number of nitro groups is 1. The van der Waals surface area contributed by atoms with Gasteiger partial charge in [-0.05, 0) is 24.8 Å². The standard InChI is InChI=1S/C15H21NO3/c1-2-3-11-14(16(18)19)15(17)12-7-10-13-8-5-4-6-9-13/h4-6,8-9,14H,2-3,7,10-12H2,1H3. The molecule has 0 bridgehead atoms. The Labute approximate surface area is 114 Å². The van der Waals surface area contributed by atoms with Crippen molar-refractivity contribution >= 4 is 5.78 Å². The van der Waals surface area contributed by atoms with E-state index >= 15 is 0 Å². The first-order chi connectivity index (χ1) is 9.15. The van der Waals surface area contributed by atoms with Crippen LogP contribution >= 0.6 is 0 Å². The van der Waals surface area contributed by atoms with E-state index < -0.39 is 11.0 Å². The molecule has 0 fully saturated rings. The molecule has 4 nitrogen and oxygen atoms in total. The van der Waals surface area contributed by atoms with Crippen LogP contribution in [0.25, 0.3) is 0 Å². The van der Waals surface area contributed by atoms with E-state index in [0.29, 0.717) is 19.3 Å². The molecule has 0 aromatic heterocycles. The van der Waals surface area contributed by atoms with Crippen molar-refractivity contribution in [2.75, 3.05) is 0 Å². The summed E-state index contributed by atoms with van der Waals surface area (Å²) in [7, 11) is 0. The maximum Gasteiger partial charge on any atom is 0.270 e. The predicted molar refractivity (Wildman–Crippen MR) is 74.7 cm³/mol. The zero-order valence-electron chi connectivity index (χ0n) is 11.4. The van der Waals surface area contributed by atoms with Gasteiger partial charge in [0, 0.05) is 17.8 Å². The Morgan fingerprint density at radius 3 is 2.53 bits per heavy atom. The summed E-state index contributed by atoms with van der Waals surface area (Å²) in [5.74, 6) is -0.227. The van der Waals surface area contributed by atoms with Crippen LogP contribution in [0.5, 0.6) is 0 Å². The number of hydrogen-bond acceptors (Lipinski definition) is 3. The molecule has 0 saturated heterocycles. The quantitative estimate of drug-likeness (QED) is 0.506. The number of aryl methyl sites for hydroxylation is 1. The van der Waals surface area contributed by atoms with Crippen molar-refractivity contribution in [1.29, 1.82) is 0 Å². The largest absolute Gasteiger partial charge is 0.292 e. The average molecular weight is 263 g/mol. The van der Waals surface area contributed by atoms with Crippen LogP contribution in [0.2, 0.25) is 0 Å². The van der Waals surface area contributed by atoms with Gasteiger partial charge in [0.05, 0.1) is 0 Å². The normalized spacial score (nSPS) is 12.1. The van der Waals surface area contributed by atoms with Crippen molar-refractivity contribution in [3.8, 4) is 0 Å². The molecule has 0 heterocycles. The fourth-order valence-electron chi connectivity index (χ4n) is 2.06. The fourth-order valence-corrected chi connectivity index (χ4v) is 2.06. The lowest BCUT2D eigenvalue weighted by Gasteiger charge is -2.07. The molecule has 0 spiro atoms. The number of carbonyl (C=O) groups excluding carboxylic acids is 1. The van der Waals surface area contributed by atoms with Crippen LogP contribution in [-0.2, 0) is 11.2 Å². The molecule has 1 aromatic rings. The van der Waals surface area contributed by atoms with Crippen molar-refractivity contribution < 1.29 is 9.72 Å². The van der Waals surface area contributed by atoms with Crippen LogP contribution in [0.4, 0.5) is 0 Å². The van der Waals surface area contributed by atoms with Crippen LogP contribution < -0.4 is 0 Å². The molecule has 0 saturated carbocycles. The Bertz CT molecular complexity index is 403. The highest BCUT2D eigenvalue weighted by molar-refractivity contribution is 5.82. The Balaban J connectivity index is 2.38. The molecule has 0 aliphatic carbocycles. The second-order valence-corrected chi connectivity index (χ2v) is 4.75. The van der Waals surface area contributed by atoms with E-state index in [2.05, 4.69) is 0 Å². The lowest BCUT2D eigenvalue weighted by molar-refractivity contribution is -0.508. The van der Waals surface area contributed by atoms with E-state index in [1.165, 1.54) is 5.56 Å². The second-order valence-electron chi connectivity index (χ2n) is 4.75. The third kappa shape index (κ3) is 5.64. The average Bonchev–Trinajstić information content (AvgIpc) is 2.40. The molecule has 104 valence electrons. The Kier molecular flexibility index (Phi) is 6.79. The summed E-state index contributed by atoms with van der Waals surface area (Å²) >= 11 is 0. The molecule has 4 heteroatoms. The van der Waals surface area contributed by atoms with Crippen LogP contribution in [0.15, 0.2) is 30.3 Å². The van der Waals surface area contributed by atoms with E-state index in [0.717, 1.165) is 19.3 Å². The molecule has 1 aromatic carbocycles. The third-order valence-electron chi connectivity index (χ3n) is 3.19. The monoisotopic (exact) mass is 263 g/mol. The Morgan fingerprint density at radius 1 is 1.26 bits per heavy atom. The summed E-state index contributed by atoms with van der Waals surface area (Å²) < 4.78 is 0. The Hall–Kier alpha value is -1.71. The van der Waals surface area contributed by atoms with Gasteiger partial charge in [-0.2, -0.15) is 0 Å². The summed E-state index contributed by atoms with van der Waals surface area (Å²) in [5.41, 5.74) is 1.17. The smallest absolute Gasteiger partial charge is 0.270 e. The van der Waals surface area contributed by atoms with Crippen molar-refractivity contribution in [2.45, 2.75) is 51.5 Å². The minimum absolute atomic E-state index is 0.227. The summed E-state index contributed by atoms with van der Waals surface area (Å²) in [6, 6.07) is 8.87. The highest BCUT2D eigenvalue weighted by atomic mass is 16.6. The maximum absolute atomic E-state index is 11.8. The van der Waals surface area contributed by atoms with Crippen molar-refractivity contribution in [3.63, 3.8) is 0 Å². The number of carbonyl (C=O) groups is 1. The van der Waals surface area contributed by atoms with E-state index in [9.17, 15) is 14.9 Å². The highest BCUT2D eigenvalue weighted by Crippen LogP contribution is 2.11. The molecular weight excluding hydrogens is 242 g/mol. The van der Waals surface area contributed by atoms with Gasteiger partial charge in [0.25, 0.3) is 6.04 Å². The predicted octanol–water partition coefficient (Wildman–Crippen LogP) is 3.41. The zero-order chi connectivity index (χ0) is 14.1. The molecule has 0 amide bonds. The summed E-state index contributed by atoms with van der Waals surface area (Å²) in [4.78, 5) is 22.3.